The minimum Gasteiger partial charge on any atom is -0.491 e. The van der Waals surface area contributed by atoms with E-state index in [1.807, 2.05) is 12.1 Å². The van der Waals surface area contributed by atoms with E-state index in [0.29, 0.717) is 0 Å². The summed E-state index contributed by atoms with van der Waals surface area (Å²) >= 11 is 3.64. The molecule has 0 bridgehead atoms. The number of fused-ring (bicyclic) bond motifs is 1. The summed E-state index contributed by atoms with van der Waals surface area (Å²) in [6, 6.07) is 12.5. The zero-order valence-electron chi connectivity index (χ0n) is 11.5. The first kappa shape index (κ1) is 14.4. The van der Waals surface area contributed by atoms with E-state index >= 15 is 0 Å². The summed E-state index contributed by atoms with van der Waals surface area (Å²) in [4.78, 5) is 2.36. The van der Waals surface area contributed by atoms with Gasteiger partial charge < -0.3 is 9.64 Å². The van der Waals surface area contributed by atoms with E-state index < -0.39 is 0 Å². The maximum Gasteiger partial charge on any atom is 0.134 e. The molecule has 0 atom stereocenters. The largest absolute Gasteiger partial charge is 0.491 e. The molecular formula is C16H20BrNO. The molecular weight excluding hydrogens is 302 g/mol. The Morgan fingerprint density at radius 2 is 1.79 bits per heavy atom. The quantitative estimate of drug-likeness (QED) is 0.785. The molecule has 0 radical (unpaired) electrons. The Balaban J connectivity index is 2.07. The number of rotatable bonds is 6. The molecule has 0 saturated carbocycles. The van der Waals surface area contributed by atoms with E-state index in [2.05, 4.69) is 58.9 Å². The fourth-order valence-corrected chi connectivity index (χ4v) is 2.76. The van der Waals surface area contributed by atoms with Crippen LogP contribution < -0.4 is 4.74 Å². The maximum atomic E-state index is 5.89. The molecule has 0 amide bonds. The van der Waals surface area contributed by atoms with Crippen LogP contribution in [0.1, 0.15) is 13.8 Å². The average Bonchev–Trinajstić information content (AvgIpc) is 2.46. The van der Waals surface area contributed by atoms with Crippen LogP contribution in [0.15, 0.2) is 40.9 Å². The number of ether oxygens (including phenoxy) is 1. The van der Waals surface area contributed by atoms with Crippen molar-refractivity contribution in [3.63, 3.8) is 0 Å². The molecule has 0 aliphatic carbocycles. The number of nitrogens with zero attached hydrogens (tertiary/aromatic N) is 1. The Labute approximate surface area is 123 Å². The lowest BCUT2D eigenvalue weighted by molar-refractivity contribution is 0.222. The Morgan fingerprint density at radius 3 is 2.53 bits per heavy atom. The van der Waals surface area contributed by atoms with Gasteiger partial charge in [0.1, 0.15) is 12.4 Å². The summed E-state index contributed by atoms with van der Waals surface area (Å²) in [5, 5.41) is 2.42. The summed E-state index contributed by atoms with van der Waals surface area (Å²) in [5.74, 6) is 0.922. The van der Waals surface area contributed by atoms with Crippen molar-refractivity contribution in [2.75, 3.05) is 26.2 Å². The first-order valence-corrected chi connectivity index (χ1v) is 7.58. The molecule has 0 aromatic heterocycles. The Bertz CT molecular complexity index is 537. The zero-order chi connectivity index (χ0) is 13.7. The Morgan fingerprint density at radius 1 is 1.05 bits per heavy atom. The number of hydrogen-bond acceptors (Lipinski definition) is 2. The first-order valence-electron chi connectivity index (χ1n) is 6.78. The van der Waals surface area contributed by atoms with Crippen molar-refractivity contribution in [1.29, 1.82) is 0 Å². The summed E-state index contributed by atoms with van der Waals surface area (Å²) in [6.45, 7) is 8.17. The highest BCUT2D eigenvalue weighted by atomic mass is 79.9. The number of benzene rings is 2. The molecule has 0 aliphatic rings. The van der Waals surface area contributed by atoms with Crippen molar-refractivity contribution < 1.29 is 4.74 Å². The van der Waals surface area contributed by atoms with Gasteiger partial charge in [0.25, 0.3) is 0 Å². The van der Waals surface area contributed by atoms with Crippen LogP contribution in [0.25, 0.3) is 10.8 Å². The lowest BCUT2D eigenvalue weighted by atomic mass is 10.1. The van der Waals surface area contributed by atoms with E-state index in [1.165, 1.54) is 10.8 Å². The molecule has 2 rings (SSSR count). The van der Waals surface area contributed by atoms with Crippen molar-refractivity contribution in [3.05, 3.63) is 40.9 Å². The van der Waals surface area contributed by atoms with Crippen LogP contribution in [-0.2, 0) is 0 Å². The monoisotopic (exact) mass is 321 g/mol. The van der Waals surface area contributed by atoms with Gasteiger partial charge in [-0.25, -0.2) is 0 Å². The fourth-order valence-electron chi connectivity index (χ4n) is 2.15. The highest BCUT2D eigenvalue weighted by molar-refractivity contribution is 9.10. The van der Waals surface area contributed by atoms with Gasteiger partial charge in [0.05, 0.1) is 4.47 Å². The van der Waals surface area contributed by atoms with Crippen LogP contribution in [0.3, 0.4) is 0 Å². The summed E-state index contributed by atoms with van der Waals surface area (Å²) in [5.41, 5.74) is 0. The van der Waals surface area contributed by atoms with E-state index in [0.717, 1.165) is 36.5 Å². The van der Waals surface area contributed by atoms with Crippen molar-refractivity contribution in [2.45, 2.75) is 13.8 Å². The summed E-state index contributed by atoms with van der Waals surface area (Å²) < 4.78 is 6.94. The average molecular weight is 322 g/mol. The SMILES string of the molecule is CCN(CC)CCOc1ccc2ccccc2c1Br. The van der Waals surface area contributed by atoms with Gasteiger partial charge in [-0.15, -0.1) is 0 Å². The van der Waals surface area contributed by atoms with Gasteiger partial charge >= 0.3 is 0 Å². The fraction of sp³-hybridized carbons (Fsp3) is 0.375. The smallest absolute Gasteiger partial charge is 0.134 e. The molecule has 2 nitrogen and oxygen atoms in total. The zero-order valence-corrected chi connectivity index (χ0v) is 13.1. The van der Waals surface area contributed by atoms with Crippen molar-refractivity contribution in [3.8, 4) is 5.75 Å². The molecule has 0 heterocycles. The van der Waals surface area contributed by atoms with Crippen LogP contribution >= 0.6 is 15.9 Å². The minimum absolute atomic E-state index is 0.721. The lowest BCUT2D eigenvalue weighted by Gasteiger charge is -2.18. The predicted octanol–water partition coefficient (Wildman–Crippen LogP) is 4.32. The van der Waals surface area contributed by atoms with Gasteiger partial charge in [-0.05, 0) is 45.9 Å². The topological polar surface area (TPSA) is 12.5 Å². The summed E-state index contributed by atoms with van der Waals surface area (Å²) in [6.07, 6.45) is 0. The Kier molecular flexibility index (Phi) is 5.23. The normalized spacial score (nSPS) is 11.2. The van der Waals surface area contributed by atoms with E-state index in [4.69, 9.17) is 4.74 Å². The van der Waals surface area contributed by atoms with Crippen molar-refractivity contribution >= 4 is 26.7 Å². The van der Waals surface area contributed by atoms with Gasteiger partial charge in [0.2, 0.25) is 0 Å². The first-order chi connectivity index (χ1) is 9.26. The van der Waals surface area contributed by atoms with Crippen molar-refractivity contribution in [2.24, 2.45) is 0 Å². The van der Waals surface area contributed by atoms with Crippen LogP contribution in [0.2, 0.25) is 0 Å². The van der Waals surface area contributed by atoms with Gasteiger partial charge in [-0.3, -0.25) is 0 Å². The molecule has 2 aromatic carbocycles. The molecule has 0 unspecified atom stereocenters. The Hall–Kier alpha value is -1.06. The molecule has 3 heteroatoms. The number of hydrogen-bond donors (Lipinski definition) is 0. The lowest BCUT2D eigenvalue weighted by Crippen LogP contribution is -2.27. The van der Waals surface area contributed by atoms with Crippen LogP contribution in [0.5, 0.6) is 5.75 Å². The molecule has 0 saturated heterocycles. The molecule has 0 aliphatic heterocycles. The predicted molar refractivity (Wildman–Crippen MR) is 84.9 cm³/mol. The van der Waals surface area contributed by atoms with E-state index in [-0.39, 0.29) is 0 Å². The highest BCUT2D eigenvalue weighted by Crippen LogP contribution is 2.32. The second kappa shape index (κ2) is 6.92. The highest BCUT2D eigenvalue weighted by Gasteiger charge is 2.06. The third-order valence-electron chi connectivity index (χ3n) is 3.39. The van der Waals surface area contributed by atoms with Gasteiger partial charge in [-0.2, -0.15) is 0 Å². The van der Waals surface area contributed by atoms with Crippen molar-refractivity contribution in [1.82, 2.24) is 4.90 Å². The summed E-state index contributed by atoms with van der Waals surface area (Å²) in [7, 11) is 0. The van der Waals surface area contributed by atoms with Crippen LogP contribution in [-0.4, -0.2) is 31.1 Å². The van der Waals surface area contributed by atoms with Crippen LogP contribution in [0.4, 0.5) is 0 Å². The van der Waals surface area contributed by atoms with Gasteiger partial charge in [0, 0.05) is 6.54 Å². The second-order valence-corrected chi connectivity index (χ2v) is 5.27. The second-order valence-electron chi connectivity index (χ2n) is 4.47. The van der Waals surface area contributed by atoms with Gasteiger partial charge in [0.15, 0.2) is 0 Å². The number of likely N-dealkylation sites (N-methyl/N-ethyl adjacent to an activating group) is 1. The molecule has 0 spiro atoms. The maximum absolute atomic E-state index is 5.89. The van der Waals surface area contributed by atoms with E-state index in [1.54, 1.807) is 0 Å². The van der Waals surface area contributed by atoms with Crippen LogP contribution in [0, 0.1) is 0 Å². The third-order valence-corrected chi connectivity index (χ3v) is 4.21. The molecule has 102 valence electrons. The molecule has 2 aromatic rings. The number of halogens is 1. The van der Waals surface area contributed by atoms with E-state index in [9.17, 15) is 0 Å². The molecule has 0 N–H and O–H groups in total. The molecule has 0 fully saturated rings. The minimum atomic E-state index is 0.721. The standard InChI is InChI=1S/C16H20BrNO/c1-3-18(4-2)11-12-19-15-10-9-13-7-5-6-8-14(13)16(15)17/h5-10H,3-4,11-12H2,1-2H3. The third kappa shape index (κ3) is 3.48. The molecule has 19 heavy (non-hydrogen) atoms. The van der Waals surface area contributed by atoms with Gasteiger partial charge in [-0.1, -0.05) is 44.2 Å².